The molecule has 0 aliphatic rings. The monoisotopic (exact) mass is 332 g/mol. The second kappa shape index (κ2) is 7.42. The summed E-state index contributed by atoms with van der Waals surface area (Å²) in [5.74, 6) is 0.216. The fourth-order valence-electron chi connectivity index (χ4n) is 2.15. The number of rotatable bonds is 5. The van der Waals surface area contributed by atoms with Crippen LogP contribution in [0.3, 0.4) is 0 Å². The minimum Gasteiger partial charge on any atom is -0.321 e. The molecule has 23 heavy (non-hydrogen) atoms. The molecular weight excluding hydrogens is 312 g/mol. The normalized spacial score (nSPS) is 11.4. The maximum absolute atomic E-state index is 12.0. The van der Waals surface area contributed by atoms with Crippen molar-refractivity contribution in [3.8, 4) is 0 Å². The highest BCUT2D eigenvalue weighted by molar-refractivity contribution is 6.31. The van der Waals surface area contributed by atoms with Crippen LogP contribution >= 0.6 is 11.6 Å². The number of amides is 1. The summed E-state index contributed by atoms with van der Waals surface area (Å²) in [6.45, 7) is 8.75. The number of carbonyl (C=O) groups excluding carboxylic acids is 1. The van der Waals surface area contributed by atoms with Gasteiger partial charge in [-0.15, -0.1) is 0 Å². The number of hydrogen-bond acceptors (Lipinski definition) is 3. The van der Waals surface area contributed by atoms with E-state index >= 15 is 0 Å². The standard InChI is InChI=1S/C17H21ClN4O/c1-11(2)10-22-17(18)14(13(4)21-22)5-6-16(23)20-15-9-19-8-7-12(15)3/h5-9,11H,10H2,1-4H3,(H,20,23). The number of nitrogens with zero attached hydrogens (tertiary/aromatic N) is 3. The number of hydrogen-bond donors (Lipinski definition) is 1. The van der Waals surface area contributed by atoms with E-state index in [4.69, 9.17) is 11.6 Å². The predicted molar refractivity (Wildman–Crippen MR) is 93.4 cm³/mol. The first kappa shape index (κ1) is 17.2. The van der Waals surface area contributed by atoms with E-state index in [2.05, 4.69) is 29.2 Å². The van der Waals surface area contributed by atoms with Gasteiger partial charge in [-0.25, -0.2) is 0 Å². The number of anilines is 1. The molecule has 0 bridgehead atoms. The average molecular weight is 333 g/mol. The van der Waals surface area contributed by atoms with Crippen molar-refractivity contribution in [2.75, 3.05) is 5.32 Å². The van der Waals surface area contributed by atoms with Crippen molar-refractivity contribution >= 4 is 29.3 Å². The Labute approximate surface area is 141 Å². The molecule has 1 amide bonds. The first-order valence-corrected chi connectivity index (χ1v) is 7.89. The molecule has 0 aliphatic heterocycles. The van der Waals surface area contributed by atoms with Gasteiger partial charge in [0.2, 0.25) is 5.91 Å². The third kappa shape index (κ3) is 4.42. The number of aryl methyl sites for hydroxylation is 2. The molecule has 2 aromatic heterocycles. The highest BCUT2D eigenvalue weighted by Gasteiger charge is 2.12. The largest absolute Gasteiger partial charge is 0.321 e. The van der Waals surface area contributed by atoms with Crippen molar-refractivity contribution in [3.05, 3.63) is 46.5 Å². The van der Waals surface area contributed by atoms with E-state index in [1.807, 2.05) is 19.9 Å². The number of nitrogens with one attached hydrogen (secondary N) is 1. The molecule has 1 N–H and O–H groups in total. The number of carbonyl (C=O) groups is 1. The minimum absolute atomic E-state index is 0.229. The van der Waals surface area contributed by atoms with E-state index in [1.165, 1.54) is 6.08 Å². The van der Waals surface area contributed by atoms with Crippen molar-refractivity contribution in [2.45, 2.75) is 34.2 Å². The van der Waals surface area contributed by atoms with Gasteiger partial charge < -0.3 is 5.32 Å². The SMILES string of the molecule is Cc1ccncc1NC(=O)C=Cc1c(C)nn(CC(C)C)c1Cl. The Bertz CT molecular complexity index is 734. The fraction of sp³-hybridized carbons (Fsp3) is 0.353. The van der Waals surface area contributed by atoms with Crippen LogP contribution in [-0.4, -0.2) is 20.7 Å². The predicted octanol–water partition coefficient (Wildman–Crippen LogP) is 3.86. The van der Waals surface area contributed by atoms with Crippen LogP contribution < -0.4 is 5.32 Å². The Hall–Kier alpha value is -2.14. The number of halogens is 1. The zero-order valence-electron chi connectivity index (χ0n) is 13.8. The molecule has 0 fully saturated rings. The molecule has 0 aliphatic carbocycles. The number of pyridine rings is 1. The zero-order valence-corrected chi connectivity index (χ0v) is 14.6. The fourth-order valence-corrected chi connectivity index (χ4v) is 2.46. The lowest BCUT2D eigenvalue weighted by Gasteiger charge is -2.05. The molecule has 122 valence electrons. The maximum Gasteiger partial charge on any atom is 0.248 e. The van der Waals surface area contributed by atoms with Crippen molar-refractivity contribution < 1.29 is 4.79 Å². The lowest BCUT2D eigenvalue weighted by Crippen LogP contribution is -2.09. The number of aromatic nitrogens is 3. The Morgan fingerprint density at radius 2 is 2.17 bits per heavy atom. The highest BCUT2D eigenvalue weighted by atomic mass is 35.5. The summed E-state index contributed by atoms with van der Waals surface area (Å²) in [7, 11) is 0. The molecule has 0 radical (unpaired) electrons. The van der Waals surface area contributed by atoms with Crippen LogP contribution in [0.2, 0.25) is 5.15 Å². The molecule has 0 saturated heterocycles. The van der Waals surface area contributed by atoms with Gasteiger partial charge in [0.15, 0.2) is 0 Å². The van der Waals surface area contributed by atoms with Gasteiger partial charge in [0.05, 0.1) is 17.6 Å². The average Bonchev–Trinajstić information content (AvgIpc) is 2.73. The summed E-state index contributed by atoms with van der Waals surface area (Å²) in [5.41, 5.74) is 3.23. The van der Waals surface area contributed by atoms with Gasteiger partial charge >= 0.3 is 0 Å². The van der Waals surface area contributed by atoms with Crippen LogP contribution in [0.5, 0.6) is 0 Å². The van der Waals surface area contributed by atoms with Crippen molar-refractivity contribution in [1.82, 2.24) is 14.8 Å². The second-order valence-corrected chi connectivity index (χ2v) is 6.24. The molecule has 0 aromatic carbocycles. The Morgan fingerprint density at radius 1 is 1.43 bits per heavy atom. The van der Waals surface area contributed by atoms with Crippen molar-refractivity contribution in [3.63, 3.8) is 0 Å². The van der Waals surface area contributed by atoms with Gasteiger partial charge in [-0.1, -0.05) is 25.4 Å². The maximum atomic E-state index is 12.0. The summed E-state index contributed by atoms with van der Waals surface area (Å²) >= 11 is 6.35. The third-order valence-corrected chi connectivity index (χ3v) is 3.74. The van der Waals surface area contributed by atoms with E-state index in [0.717, 1.165) is 23.4 Å². The molecule has 0 unspecified atom stereocenters. The van der Waals surface area contributed by atoms with Crippen LogP contribution in [0.4, 0.5) is 5.69 Å². The smallest absolute Gasteiger partial charge is 0.248 e. The molecule has 2 rings (SSSR count). The second-order valence-electron chi connectivity index (χ2n) is 5.88. The molecule has 2 aromatic rings. The Kier molecular flexibility index (Phi) is 5.55. The van der Waals surface area contributed by atoms with Crippen molar-refractivity contribution in [1.29, 1.82) is 0 Å². The Balaban J connectivity index is 2.12. The molecule has 0 saturated carbocycles. The van der Waals surface area contributed by atoms with E-state index in [-0.39, 0.29) is 5.91 Å². The summed E-state index contributed by atoms with van der Waals surface area (Å²) in [5, 5.41) is 7.77. The summed E-state index contributed by atoms with van der Waals surface area (Å²) in [6, 6.07) is 1.84. The van der Waals surface area contributed by atoms with Crippen LogP contribution in [0.25, 0.3) is 6.08 Å². The van der Waals surface area contributed by atoms with Crippen molar-refractivity contribution in [2.24, 2.45) is 5.92 Å². The first-order valence-electron chi connectivity index (χ1n) is 7.51. The van der Waals surface area contributed by atoms with Gasteiger partial charge in [-0.3, -0.25) is 14.5 Å². The van der Waals surface area contributed by atoms with Crippen LogP contribution in [0.15, 0.2) is 24.5 Å². The summed E-state index contributed by atoms with van der Waals surface area (Å²) < 4.78 is 1.77. The van der Waals surface area contributed by atoms with Gasteiger partial charge in [0, 0.05) is 24.4 Å². The van der Waals surface area contributed by atoms with E-state index in [9.17, 15) is 4.79 Å². The van der Waals surface area contributed by atoms with E-state index < -0.39 is 0 Å². The van der Waals surface area contributed by atoms with E-state index in [1.54, 1.807) is 23.2 Å². The van der Waals surface area contributed by atoms with Gasteiger partial charge in [0.1, 0.15) is 5.15 Å². The summed E-state index contributed by atoms with van der Waals surface area (Å²) in [4.78, 5) is 16.1. The van der Waals surface area contributed by atoms with E-state index in [0.29, 0.717) is 16.8 Å². The first-order chi connectivity index (χ1) is 10.9. The zero-order chi connectivity index (χ0) is 17.0. The quantitative estimate of drug-likeness (QED) is 0.846. The highest BCUT2D eigenvalue weighted by Crippen LogP contribution is 2.22. The lowest BCUT2D eigenvalue weighted by molar-refractivity contribution is -0.111. The molecule has 0 spiro atoms. The molecule has 0 atom stereocenters. The molecule has 5 nitrogen and oxygen atoms in total. The van der Waals surface area contributed by atoms with Gasteiger partial charge in [0.25, 0.3) is 0 Å². The Morgan fingerprint density at radius 3 is 2.83 bits per heavy atom. The summed E-state index contributed by atoms with van der Waals surface area (Å²) in [6.07, 6.45) is 6.47. The molecule has 2 heterocycles. The lowest BCUT2D eigenvalue weighted by atomic mass is 10.2. The third-order valence-electron chi connectivity index (χ3n) is 3.35. The van der Waals surface area contributed by atoms with Gasteiger partial charge in [-0.2, -0.15) is 5.10 Å². The van der Waals surface area contributed by atoms with Crippen LogP contribution in [0.1, 0.15) is 30.7 Å². The topological polar surface area (TPSA) is 59.8 Å². The molecule has 6 heteroatoms. The minimum atomic E-state index is -0.229. The van der Waals surface area contributed by atoms with Gasteiger partial charge in [-0.05, 0) is 37.5 Å². The van der Waals surface area contributed by atoms with Crippen LogP contribution in [-0.2, 0) is 11.3 Å². The van der Waals surface area contributed by atoms with Crippen LogP contribution in [0, 0.1) is 19.8 Å². The molecular formula is C17H21ClN4O.